The number of carbonyl (C=O) groups excluding carboxylic acids is 1. The van der Waals surface area contributed by atoms with Crippen LogP contribution in [0.5, 0.6) is 0 Å². The van der Waals surface area contributed by atoms with Gasteiger partial charge in [0.1, 0.15) is 5.82 Å². The summed E-state index contributed by atoms with van der Waals surface area (Å²) in [5, 5.41) is 0. The Morgan fingerprint density at radius 1 is 1.19 bits per heavy atom. The molecule has 1 aromatic rings. The van der Waals surface area contributed by atoms with Gasteiger partial charge in [0.25, 0.3) is 0 Å². The van der Waals surface area contributed by atoms with Crippen molar-refractivity contribution in [2.24, 2.45) is 0 Å². The van der Waals surface area contributed by atoms with Crippen molar-refractivity contribution < 1.29 is 22.3 Å². The summed E-state index contributed by atoms with van der Waals surface area (Å²) in [6, 6.07) is 6.10. The van der Waals surface area contributed by atoms with E-state index in [-0.39, 0.29) is 17.8 Å². The van der Waals surface area contributed by atoms with Gasteiger partial charge in [0.15, 0.2) is 0 Å². The van der Waals surface area contributed by atoms with Crippen molar-refractivity contribution >= 4 is 15.9 Å². The van der Waals surface area contributed by atoms with Crippen LogP contribution in [0, 0.1) is 5.82 Å². The van der Waals surface area contributed by atoms with Crippen molar-refractivity contribution in [2.45, 2.75) is 37.1 Å². The molecule has 0 atom stereocenters. The van der Waals surface area contributed by atoms with E-state index in [0.717, 1.165) is 5.56 Å². The largest absolute Gasteiger partial charge is 0.381 e. The van der Waals surface area contributed by atoms with Crippen LogP contribution in [0.2, 0.25) is 0 Å². The molecule has 2 aliphatic heterocycles. The second-order valence-electron chi connectivity index (χ2n) is 7.50. The Kier molecular flexibility index (Phi) is 5.88. The van der Waals surface area contributed by atoms with Gasteiger partial charge in [-0.1, -0.05) is 12.1 Å². The summed E-state index contributed by atoms with van der Waals surface area (Å²) in [4.78, 5) is 15.3. The predicted molar refractivity (Wildman–Crippen MR) is 100 cm³/mol. The number of rotatable bonds is 4. The smallest absolute Gasteiger partial charge is 0.233 e. The molecule has 150 valence electrons. The lowest BCUT2D eigenvalue weighted by Gasteiger charge is -2.43. The fourth-order valence-electron chi connectivity index (χ4n) is 4.12. The van der Waals surface area contributed by atoms with E-state index in [1.165, 1.54) is 22.7 Å². The van der Waals surface area contributed by atoms with Crippen molar-refractivity contribution in [3.63, 3.8) is 0 Å². The monoisotopic (exact) mass is 398 g/mol. The first-order valence-corrected chi connectivity index (χ1v) is 11.1. The lowest BCUT2D eigenvalue weighted by Crippen LogP contribution is -2.54. The fraction of sp³-hybridized carbons (Fsp3) is 0.632. The van der Waals surface area contributed by atoms with Crippen LogP contribution >= 0.6 is 0 Å². The second-order valence-corrected chi connectivity index (χ2v) is 9.55. The third kappa shape index (κ3) is 4.17. The first-order chi connectivity index (χ1) is 12.7. The molecule has 3 rings (SSSR count). The van der Waals surface area contributed by atoms with Crippen molar-refractivity contribution in [3.8, 4) is 0 Å². The minimum Gasteiger partial charge on any atom is -0.381 e. The Labute approximate surface area is 160 Å². The molecule has 2 heterocycles. The molecule has 2 fully saturated rings. The summed E-state index contributed by atoms with van der Waals surface area (Å²) in [5.74, 6) is -0.282. The molecular weight excluding hydrogens is 371 g/mol. The number of carbonyl (C=O) groups is 1. The molecule has 0 N–H and O–H groups in total. The van der Waals surface area contributed by atoms with Gasteiger partial charge in [0, 0.05) is 39.4 Å². The number of halogens is 1. The minimum absolute atomic E-state index is 0.0397. The van der Waals surface area contributed by atoms with Gasteiger partial charge in [0.05, 0.1) is 11.7 Å². The van der Waals surface area contributed by atoms with E-state index >= 15 is 0 Å². The lowest BCUT2D eigenvalue weighted by molar-refractivity contribution is -0.142. The summed E-state index contributed by atoms with van der Waals surface area (Å²) in [6.45, 7) is 2.03. The molecule has 0 saturated carbocycles. The summed E-state index contributed by atoms with van der Waals surface area (Å²) in [7, 11) is -1.65. The molecule has 0 aromatic heterocycles. The molecule has 27 heavy (non-hydrogen) atoms. The van der Waals surface area contributed by atoms with E-state index in [1.54, 1.807) is 19.2 Å². The molecule has 8 heteroatoms. The van der Waals surface area contributed by atoms with Crippen LogP contribution < -0.4 is 0 Å². The van der Waals surface area contributed by atoms with E-state index in [1.807, 2.05) is 4.90 Å². The zero-order chi connectivity index (χ0) is 19.7. The number of ether oxygens (including phenoxy) is 1. The van der Waals surface area contributed by atoms with Gasteiger partial charge < -0.3 is 9.64 Å². The van der Waals surface area contributed by atoms with Crippen LogP contribution in [0.3, 0.4) is 0 Å². The van der Waals surface area contributed by atoms with Gasteiger partial charge >= 0.3 is 0 Å². The number of amides is 1. The van der Waals surface area contributed by atoms with Crippen molar-refractivity contribution in [3.05, 3.63) is 35.6 Å². The zero-order valence-corrected chi connectivity index (χ0v) is 16.7. The molecule has 2 saturated heterocycles. The van der Waals surface area contributed by atoms with Gasteiger partial charge in [-0.2, -0.15) is 0 Å². The summed E-state index contributed by atoms with van der Waals surface area (Å²) in [6.07, 6.45) is 3.58. The fourth-order valence-corrected chi connectivity index (χ4v) is 4.87. The Morgan fingerprint density at radius 3 is 2.26 bits per heavy atom. The number of sulfonamides is 1. The quantitative estimate of drug-likeness (QED) is 0.775. The molecule has 1 amide bonds. The number of piperidine rings is 1. The van der Waals surface area contributed by atoms with Crippen molar-refractivity contribution in [2.75, 3.05) is 39.6 Å². The molecule has 0 unspecified atom stereocenters. The highest BCUT2D eigenvalue weighted by Crippen LogP contribution is 2.37. The first-order valence-electron chi connectivity index (χ1n) is 9.30. The Morgan fingerprint density at radius 2 is 1.74 bits per heavy atom. The first kappa shape index (κ1) is 20.2. The Balaban J connectivity index is 1.77. The number of hydrogen-bond donors (Lipinski definition) is 0. The van der Waals surface area contributed by atoms with E-state index in [9.17, 15) is 17.6 Å². The second kappa shape index (κ2) is 7.85. The average Bonchev–Trinajstić information content (AvgIpc) is 2.67. The van der Waals surface area contributed by atoms with Gasteiger partial charge in [-0.15, -0.1) is 0 Å². The van der Waals surface area contributed by atoms with Crippen LogP contribution in [0.4, 0.5) is 4.39 Å². The van der Waals surface area contributed by atoms with E-state index in [4.69, 9.17) is 4.74 Å². The third-order valence-corrected chi connectivity index (χ3v) is 7.29. The Bertz CT molecular complexity index is 767. The van der Waals surface area contributed by atoms with Crippen LogP contribution in [-0.2, 0) is 25.0 Å². The molecule has 0 radical (unpaired) electrons. The maximum atomic E-state index is 13.5. The van der Waals surface area contributed by atoms with Gasteiger partial charge in [0.2, 0.25) is 15.9 Å². The molecule has 0 bridgehead atoms. The molecule has 6 nitrogen and oxygen atoms in total. The lowest BCUT2D eigenvalue weighted by atomic mass is 9.72. The Hall–Kier alpha value is -1.51. The number of hydrogen-bond acceptors (Lipinski definition) is 4. The van der Waals surface area contributed by atoms with Crippen LogP contribution in [-0.4, -0.2) is 69.2 Å². The van der Waals surface area contributed by atoms with Gasteiger partial charge in [-0.05, 0) is 43.4 Å². The summed E-state index contributed by atoms with van der Waals surface area (Å²) < 4.78 is 43.8. The molecule has 0 spiro atoms. The summed E-state index contributed by atoms with van der Waals surface area (Å²) in [5.41, 5.74) is 0.134. The van der Waals surface area contributed by atoms with Crippen LogP contribution in [0.15, 0.2) is 24.3 Å². The third-order valence-electron chi connectivity index (χ3n) is 5.94. The topological polar surface area (TPSA) is 66.9 Å². The van der Waals surface area contributed by atoms with Gasteiger partial charge in [-0.3, -0.25) is 4.79 Å². The number of nitrogens with zero attached hydrogens (tertiary/aromatic N) is 2. The highest BCUT2D eigenvalue weighted by atomic mass is 32.2. The van der Waals surface area contributed by atoms with Crippen molar-refractivity contribution in [1.29, 1.82) is 0 Å². The zero-order valence-electron chi connectivity index (χ0n) is 15.9. The predicted octanol–water partition coefficient (Wildman–Crippen LogP) is 1.76. The molecule has 1 aromatic carbocycles. The van der Waals surface area contributed by atoms with E-state index in [0.29, 0.717) is 52.0 Å². The number of likely N-dealkylation sites (tertiary alicyclic amines) is 1. The highest BCUT2D eigenvalue weighted by Gasteiger charge is 2.45. The van der Waals surface area contributed by atoms with Crippen molar-refractivity contribution in [1.82, 2.24) is 9.21 Å². The molecule has 0 aliphatic carbocycles. The maximum absolute atomic E-state index is 13.5. The van der Waals surface area contributed by atoms with E-state index in [2.05, 4.69) is 0 Å². The highest BCUT2D eigenvalue weighted by molar-refractivity contribution is 7.88. The normalized spacial score (nSPS) is 21.4. The van der Waals surface area contributed by atoms with Crippen LogP contribution in [0.1, 0.15) is 31.2 Å². The average molecular weight is 399 g/mol. The van der Waals surface area contributed by atoms with E-state index < -0.39 is 15.4 Å². The van der Waals surface area contributed by atoms with Crippen LogP contribution in [0.25, 0.3) is 0 Å². The molecule has 2 aliphatic rings. The SMILES string of the molecule is CN(C1CCN(C(=O)C2(c3ccc(F)cc3)CCOCC2)CC1)S(C)(=O)=O. The minimum atomic E-state index is -3.24. The standard InChI is InChI=1S/C19H27FN2O4S/c1-21(27(2,24)25)17-7-11-22(12-8-17)18(23)19(9-13-26-14-10-19)15-3-5-16(20)6-4-15/h3-6,17H,7-14H2,1-2H3. The summed E-state index contributed by atoms with van der Waals surface area (Å²) >= 11 is 0. The molecular formula is C19H27FN2O4S. The number of benzene rings is 1. The van der Waals surface area contributed by atoms with Gasteiger partial charge in [-0.25, -0.2) is 17.1 Å². The maximum Gasteiger partial charge on any atom is 0.233 e.